The number of aromatic nitrogens is 3. The number of alkyl halides is 2. The van der Waals surface area contributed by atoms with Gasteiger partial charge >= 0.3 is 0 Å². The first-order chi connectivity index (χ1) is 13.4. The number of carbonyl (C=O) groups is 1. The highest BCUT2D eigenvalue weighted by molar-refractivity contribution is 5.89. The van der Waals surface area contributed by atoms with Crippen molar-refractivity contribution in [3.8, 4) is 11.1 Å². The van der Waals surface area contributed by atoms with Crippen LogP contribution >= 0.6 is 0 Å². The lowest BCUT2D eigenvalue weighted by Crippen LogP contribution is -2.25. The minimum Gasteiger partial charge on any atom is -0.345 e. The van der Waals surface area contributed by atoms with E-state index in [9.17, 15) is 18.0 Å². The molecule has 0 N–H and O–H groups in total. The number of fused-ring (bicyclic) bond motifs is 1. The van der Waals surface area contributed by atoms with Gasteiger partial charge in [0.05, 0.1) is 28.7 Å². The van der Waals surface area contributed by atoms with Crippen LogP contribution in [-0.4, -0.2) is 39.2 Å². The molecule has 28 heavy (non-hydrogen) atoms. The highest BCUT2D eigenvalue weighted by Gasteiger charge is 2.65. The van der Waals surface area contributed by atoms with Gasteiger partial charge in [0.25, 0.3) is 6.43 Å². The molecule has 2 aliphatic rings. The van der Waals surface area contributed by atoms with Gasteiger partial charge in [-0.05, 0) is 36.6 Å². The quantitative estimate of drug-likeness (QED) is 0.685. The fraction of sp³-hybridized carbons (Fsp3) is 0.350. The lowest BCUT2D eigenvalue weighted by molar-refractivity contribution is -0.131. The smallest absolute Gasteiger partial charge is 0.266 e. The highest BCUT2D eigenvalue weighted by atomic mass is 19.3. The van der Waals surface area contributed by atoms with Crippen LogP contribution in [-0.2, 0) is 4.79 Å². The minimum absolute atomic E-state index is 0.0238. The van der Waals surface area contributed by atoms with E-state index in [2.05, 4.69) is 10.1 Å². The van der Waals surface area contributed by atoms with Crippen molar-refractivity contribution in [2.24, 2.45) is 5.41 Å². The van der Waals surface area contributed by atoms with E-state index in [1.807, 2.05) is 17.8 Å². The van der Waals surface area contributed by atoms with Gasteiger partial charge in [0.2, 0.25) is 5.91 Å². The van der Waals surface area contributed by atoms with E-state index >= 15 is 0 Å². The Hall–Kier alpha value is -2.90. The first kappa shape index (κ1) is 17.2. The topological polar surface area (TPSA) is 51.0 Å². The fourth-order valence-corrected chi connectivity index (χ4v) is 4.28. The molecule has 2 fully saturated rings. The second-order valence-corrected chi connectivity index (χ2v) is 7.61. The second-order valence-electron chi connectivity index (χ2n) is 7.61. The van der Waals surface area contributed by atoms with Gasteiger partial charge in [0, 0.05) is 25.4 Å². The monoisotopic (exact) mass is 386 g/mol. The summed E-state index contributed by atoms with van der Waals surface area (Å²) in [6.45, 7) is 0.740. The Bertz CT molecular complexity index is 1110. The number of carbonyl (C=O) groups excluding carboxylic acids is 1. The van der Waals surface area contributed by atoms with Crippen LogP contribution < -0.4 is 0 Å². The molecule has 0 radical (unpaired) electrons. The van der Waals surface area contributed by atoms with Crippen molar-refractivity contribution in [1.82, 2.24) is 19.7 Å². The summed E-state index contributed by atoms with van der Waals surface area (Å²) in [6.07, 6.45) is 1.86. The third-order valence-corrected chi connectivity index (χ3v) is 6.01. The summed E-state index contributed by atoms with van der Waals surface area (Å²) >= 11 is 0. The van der Waals surface area contributed by atoms with Gasteiger partial charge in [-0.15, -0.1) is 0 Å². The Morgan fingerprint density at radius 3 is 2.75 bits per heavy atom. The van der Waals surface area contributed by atoms with E-state index in [1.165, 1.54) is 6.07 Å². The van der Waals surface area contributed by atoms with Gasteiger partial charge in [-0.25, -0.2) is 13.2 Å². The Balaban J connectivity index is 1.55. The molecule has 5 rings (SSSR count). The van der Waals surface area contributed by atoms with E-state index in [1.54, 1.807) is 17.3 Å². The van der Waals surface area contributed by atoms with Gasteiger partial charge in [-0.1, -0.05) is 6.07 Å². The molecule has 144 valence electrons. The van der Waals surface area contributed by atoms with Crippen LogP contribution in [0.1, 0.15) is 30.9 Å². The lowest BCUT2D eigenvalue weighted by Gasteiger charge is -2.11. The van der Waals surface area contributed by atoms with E-state index in [0.29, 0.717) is 16.6 Å². The van der Waals surface area contributed by atoms with Crippen LogP contribution in [0.4, 0.5) is 13.2 Å². The van der Waals surface area contributed by atoms with Crippen molar-refractivity contribution < 1.29 is 18.0 Å². The number of hydrogen-bond donors (Lipinski definition) is 0. The molecule has 1 aromatic carbocycles. The average molecular weight is 386 g/mol. The lowest BCUT2D eigenvalue weighted by atomic mass is 10.0. The first-order valence-electron chi connectivity index (χ1n) is 9.07. The predicted octanol–water partition coefficient (Wildman–Crippen LogP) is 3.97. The zero-order chi connectivity index (χ0) is 19.6. The molecule has 1 spiro atoms. The fourth-order valence-electron chi connectivity index (χ4n) is 4.28. The number of nitrogens with zero attached hydrogens (tertiary/aromatic N) is 4. The zero-order valence-corrected chi connectivity index (χ0v) is 15.1. The maximum absolute atomic E-state index is 13.6. The molecule has 3 heterocycles. The Morgan fingerprint density at radius 1 is 1.21 bits per heavy atom. The summed E-state index contributed by atoms with van der Waals surface area (Å²) in [5.41, 5.74) is 1.45. The highest BCUT2D eigenvalue weighted by Crippen LogP contribution is 2.62. The number of pyridine rings is 1. The average Bonchev–Trinajstić information content (AvgIpc) is 3.15. The SMILES string of the molecule is CN1CCC2(CC2n2ncc3ncc(-c4ccc(F)c(C(F)F)c4)cc32)C1=O. The van der Waals surface area contributed by atoms with E-state index in [4.69, 9.17) is 0 Å². The van der Waals surface area contributed by atoms with Crippen molar-refractivity contribution in [1.29, 1.82) is 0 Å². The van der Waals surface area contributed by atoms with E-state index in [-0.39, 0.29) is 17.4 Å². The van der Waals surface area contributed by atoms with Gasteiger partial charge in [0.1, 0.15) is 11.3 Å². The summed E-state index contributed by atoms with van der Waals surface area (Å²) in [7, 11) is 1.81. The standard InChI is InChI=1S/C20H17F3N4O/c1-26-5-4-20(19(26)28)8-17(20)27-16-7-12(9-24-15(16)10-25-27)11-2-3-14(21)13(6-11)18(22)23/h2-3,6-7,9-10,17-18H,4-5,8H2,1H3. The maximum Gasteiger partial charge on any atom is 0.266 e. The molecule has 0 bridgehead atoms. The number of rotatable bonds is 3. The van der Waals surface area contributed by atoms with Crippen LogP contribution in [0, 0.1) is 11.2 Å². The molecule has 3 aromatic rings. The summed E-state index contributed by atoms with van der Waals surface area (Å²) in [6, 6.07) is 5.44. The van der Waals surface area contributed by atoms with E-state index in [0.717, 1.165) is 37.0 Å². The Labute approximate surface area is 158 Å². The Kier molecular flexibility index (Phi) is 3.56. The van der Waals surface area contributed by atoms with Crippen molar-refractivity contribution in [2.45, 2.75) is 25.3 Å². The third-order valence-electron chi connectivity index (χ3n) is 6.01. The number of halogens is 3. The van der Waals surface area contributed by atoms with Gasteiger partial charge in [-0.3, -0.25) is 14.5 Å². The van der Waals surface area contributed by atoms with Crippen molar-refractivity contribution in [2.75, 3.05) is 13.6 Å². The molecule has 8 heteroatoms. The summed E-state index contributed by atoms with van der Waals surface area (Å²) in [4.78, 5) is 18.6. The maximum atomic E-state index is 13.6. The van der Waals surface area contributed by atoms with E-state index < -0.39 is 17.8 Å². The molecule has 1 saturated carbocycles. The van der Waals surface area contributed by atoms with Crippen molar-refractivity contribution in [3.63, 3.8) is 0 Å². The van der Waals surface area contributed by atoms with Crippen LogP contribution in [0.3, 0.4) is 0 Å². The minimum atomic E-state index is -2.89. The molecule has 2 unspecified atom stereocenters. The number of benzene rings is 1. The first-order valence-corrected chi connectivity index (χ1v) is 9.07. The van der Waals surface area contributed by atoms with Crippen LogP contribution in [0.25, 0.3) is 22.2 Å². The molecular weight excluding hydrogens is 369 g/mol. The van der Waals surface area contributed by atoms with Crippen LogP contribution in [0.5, 0.6) is 0 Å². The normalized spacial score (nSPS) is 24.1. The predicted molar refractivity (Wildman–Crippen MR) is 96.2 cm³/mol. The van der Waals surface area contributed by atoms with Crippen molar-refractivity contribution in [3.05, 3.63) is 48.0 Å². The largest absolute Gasteiger partial charge is 0.345 e. The molecule has 1 aliphatic heterocycles. The molecule has 2 atom stereocenters. The van der Waals surface area contributed by atoms with Gasteiger partial charge in [0.15, 0.2) is 0 Å². The van der Waals surface area contributed by atoms with Crippen LogP contribution in [0.15, 0.2) is 36.7 Å². The summed E-state index contributed by atoms with van der Waals surface area (Å²) < 4.78 is 41.5. The molecule has 1 aliphatic carbocycles. The van der Waals surface area contributed by atoms with Gasteiger partial charge in [-0.2, -0.15) is 5.10 Å². The zero-order valence-electron chi connectivity index (χ0n) is 15.1. The van der Waals surface area contributed by atoms with Gasteiger partial charge < -0.3 is 4.90 Å². The Morgan fingerprint density at radius 2 is 2.04 bits per heavy atom. The number of amides is 1. The molecule has 1 saturated heterocycles. The van der Waals surface area contributed by atoms with Crippen molar-refractivity contribution >= 4 is 16.9 Å². The summed E-state index contributed by atoms with van der Waals surface area (Å²) in [5, 5.41) is 4.43. The number of hydrogen-bond acceptors (Lipinski definition) is 3. The third kappa shape index (κ3) is 2.36. The van der Waals surface area contributed by atoms with Crippen LogP contribution in [0.2, 0.25) is 0 Å². The molecular formula is C20H17F3N4O. The summed E-state index contributed by atoms with van der Waals surface area (Å²) in [5.74, 6) is -0.785. The second kappa shape index (κ2) is 5.80. The molecule has 1 amide bonds. The molecule has 5 nitrogen and oxygen atoms in total. The molecule has 2 aromatic heterocycles. The number of likely N-dealkylation sites (tertiary alicyclic amines) is 1.